The molecule has 6 heteroatoms. The second-order valence-electron chi connectivity index (χ2n) is 5.76. The predicted octanol–water partition coefficient (Wildman–Crippen LogP) is 1.65. The van der Waals surface area contributed by atoms with Crippen LogP contribution < -0.4 is 5.32 Å². The van der Waals surface area contributed by atoms with Gasteiger partial charge in [-0.3, -0.25) is 14.4 Å². The van der Waals surface area contributed by atoms with Gasteiger partial charge in [-0.15, -0.1) is 0 Å². The number of hydrogen-bond donors (Lipinski definition) is 2. The molecule has 0 heterocycles. The molecular weight excluding hydrogens is 296 g/mol. The molecular formula is C17H24N2O4. The number of benzene rings is 1. The topological polar surface area (TPSA) is 86.7 Å². The van der Waals surface area contributed by atoms with Crippen LogP contribution in [-0.4, -0.2) is 40.4 Å². The quantitative estimate of drug-likeness (QED) is 0.762. The molecule has 0 aliphatic rings. The van der Waals surface area contributed by atoms with Crippen molar-refractivity contribution in [2.75, 3.05) is 6.54 Å². The second kappa shape index (κ2) is 8.92. The third-order valence-electron chi connectivity index (χ3n) is 3.47. The number of nitrogens with one attached hydrogen (secondary N) is 1. The second-order valence-corrected chi connectivity index (χ2v) is 5.76. The molecule has 2 N–H and O–H groups in total. The lowest BCUT2D eigenvalue weighted by atomic mass is 10.0. The summed E-state index contributed by atoms with van der Waals surface area (Å²) < 4.78 is 0. The molecule has 23 heavy (non-hydrogen) atoms. The number of carboxylic acid groups (broad SMARTS) is 1. The molecule has 6 nitrogen and oxygen atoms in total. The van der Waals surface area contributed by atoms with Crippen LogP contribution in [0.4, 0.5) is 0 Å². The zero-order chi connectivity index (χ0) is 17.4. The molecule has 1 atom stereocenters. The van der Waals surface area contributed by atoms with E-state index in [-0.39, 0.29) is 30.7 Å². The van der Waals surface area contributed by atoms with Gasteiger partial charge in [0.25, 0.3) is 0 Å². The Labute approximate surface area is 136 Å². The number of carbonyl (C=O) groups is 3. The molecule has 0 aliphatic carbocycles. The van der Waals surface area contributed by atoms with Gasteiger partial charge in [0.2, 0.25) is 11.8 Å². The Morgan fingerprint density at radius 2 is 1.78 bits per heavy atom. The maximum absolute atomic E-state index is 12.4. The first-order valence-electron chi connectivity index (χ1n) is 7.63. The molecule has 0 bridgehead atoms. The van der Waals surface area contributed by atoms with Gasteiger partial charge in [0.05, 0.1) is 6.42 Å². The summed E-state index contributed by atoms with van der Waals surface area (Å²) >= 11 is 0. The Hall–Kier alpha value is -2.37. The standard InChI is InChI=1S/C17H24N2O4/c1-12(2)16(17(23)18-10-9-15(21)22)19(13(3)20)11-14-7-5-4-6-8-14/h4-8,12,16H,9-11H2,1-3H3,(H,18,23)(H,21,22). The smallest absolute Gasteiger partial charge is 0.305 e. The lowest BCUT2D eigenvalue weighted by Crippen LogP contribution is -2.51. The van der Waals surface area contributed by atoms with Gasteiger partial charge in [0, 0.05) is 20.0 Å². The molecule has 1 aromatic carbocycles. The first-order valence-corrected chi connectivity index (χ1v) is 7.63. The van der Waals surface area contributed by atoms with E-state index in [1.807, 2.05) is 44.2 Å². The maximum Gasteiger partial charge on any atom is 0.305 e. The fourth-order valence-corrected chi connectivity index (χ4v) is 2.39. The lowest BCUT2D eigenvalue weighted by molar-refractivity contribution is -0.142. The summed E-state index contributed by atoms with van der Waals surface area (Å²) in [7, 11) is 0. The van der Waals surface area contributed by atoms with Crippen LogP contribution in [0.1, 0.15) is 32.8 Å². The summed E-state index contributed by atoms with van der Waals surface area (Å²) in [6.07, 6.45) is -0.144. The molecule has 0 fully saturated rings. The van der Waals surface area contributed by atoms with Crippen molar-refractivity contribution in [1.82, 2.24) is 10.2 Å². The van der Waals surface area contributed by atoms with E-state index in [0.717, 1.165) is 5.56 Å². The largest absolute Gasteiger partial charge is 0.481 e. The summed E-state index contributed by atoms with van der Waals surface area (Å²) in [6.45, 7) is 5.55. The number of hydrogen-bond acceptors (Lipinski definition) is 3. The van der Waals surface area contributed by atoms with Crippen LogP contribution in [0.2, 0.25) is 0 Å². The average Bonchev–Trinajstić information content (AvgIpc) is 2.46. The van der Waals surface area contributed by atoms with Gasteiger partial charge in [-0.2, -0.15) is 0 Å². The summed E-state index contributed by atoms with van der Waals surface area (Å²) in [4.78, 5) is 36.5. The summed E-state index contributed by atoms with van der Waals surface area (Å²) in [5, 5.41) is 11.3. The van der Waals surface area contributed by atoms with E-state index in [1.54, 1.807) is 0 Å². The van der Waals surface area contributed by atoms with Crippen LogP contribution in [0, 0.1) is 5.92 Å². The molecule has 0 saturated carbocycles. The van der Waals surface area contributed by atoms with Crippen molar-refractivity contribution in [1.29, 1.82) is 0 Å². The first kappa shape index (κ1) is 18.7. The van der Waals surface area contributed by atoms with Crippen molar-refractivity contribution in [3.8, 4) is 0 Å². The fraction of sp³-hybridized carbons (Fsp3) is 0.471. The van der Waals surface area contributed by atoms with Crippen molar-refractivity contribution < 1.29 is 19.5 Å². The van der Waals surface area contributed by atoms with Gasteiger partial charge in [-0.1, -0.05) is 44.2 Å². The monoisotopic (exact) mass is 320 g/mol. The Kier molecular flexibility index (Phi) is 7.25. The molecule has 0 radical (unpaired) electrons. The molecule has 0 saturated heterocycles. The van der Waals surface area contributed by atoms with Gasteiger partial charge in [0.1, 0.15) is 6.04 Å². The molecule has 1 unspecified atom stereocenters. The minimum atomic E-state index is -0.973. The van der Waals surface area contributed by atoms with Crippen molar-refractivity contribution in [2.24, 2.45) is 5.92 Å². The van der Waals surface area contributed by atoms with Crippen LogP contribution in [0.5, 0.6) is 0 Å². The molecule has 2 amide bonds. The van der Waals surface area contributed by atoms with Crippen molar-refractivity contribution >= 4 is 17.8 Å². The Morgan fingerprint density at radius 1 is 1.17 bits per heavy atom. The normalized spacial score (nSPS) is 11.8. The molecule has 126 valence electrons. The van der Waals surface area contributed by atoms with E-state index in [9.17, 15) is 14.4 Å². The number of amides is 2. The van der Waals surface area contributed by atoms with Gasteiger partial charge in [-0.05, 0) is 11.5 Å². The highest BCUT2D eigenvalue weighted by Crippen LogP contribution is 2.16. The van der Waals surface area contributed by atoms with E-state index in [4.69, 9.17) is 5.11 Å². The van der Waals surface area contributed by atoms with Gasteiger partial charge < -0.3 is 15.3 Å². The minimum Gasteiger partial charge on any atom is -0.481 e. The van der Waals surface area contributed by atoms with Gasteiger partial charge in [0.15, 0.2) is 0 Å². The number of rotatable bonds is 8. The molecule has 0 spiro atoms. The van der Waals surface area contributed by atoms with Crippen LogP contribution in [0.15, 0.2) is 30.3 Å². The zero-order valence-electron chi connectivity index (χ0n) is 13.8. The van der Waals surface area contributed by atoms with E-state index in [0.29, 0.717) is 6.54 Å². The van der Waals surface area contributed by atoms with E-state index in [2.05, 4.69) is 5.32 Å². The minimum absolute atomic E-state index is 0.0501. The molecule has 1 rings (SSSR count). The first-order chi connectivity index (χ1) is 10.8. The maximum atomic E-state index is 12.4. The van der Waals surface area contributed by atoms with Crippen molar-refractivity contribution in [2.45, 2.75) is 39.8 Å². The highest BCUT2D eigenvalue weighted by molar-refractivity contribution is 5.87. The Bertz CT molecular complexity index is 543. The Morgan fingerprint density at radius 3 is 2.26 bits per heavy atom. The fourth-order valence-electron chi connectivity index (χ4n) is 2.39. The van der Waals surface area contributed by atoms with Gasteiger partial charge in [-0.25, -0.2) is 0 Å². The molecule has 1 aromatic rings. The van der Waals surface area contributed by atoms with E-state index < -0.39 is 12.0 Å². The zero-order valence-corrected chi connectivity index (χ0v) is 13.8. The average molecular weight is 320 g/mol. The van der Waals surface area contributed by atoms with Gasteiger partial charge >= 0.3 is 5.97 Å². The molecule has 0 aromatic heterocycles. The summed E-state index contributed by atoms with van der Waals surface area (Å²) in [5.41, 5.74) is 0.937. The van der Waals surface area contributed by atoms with Crippen molar-refractivity contribution in [3.63, 3.8) is 0 Å². The van der Waals surface area contributed by atoms with Crippen molar-refractivity contribution in [3.05, 3.63) is 35.9 Å². The molecule has 0 aliphatic heterocycles. The van der Waals surface area contributed by atoms with Crippen LogP contribution in [0.25, 0.3) is 0 Å². The third kappa shape index (κ3) is 6.10. The predicted molar refractivity (Wildman–Crippen MR) is 86.6 cm³/mol. The van der Waals surface area contributed by atoms with E-state index in [1.165, 1.54) is 11.8 Å². The lowest BCUT2D eigenvalue weighted by Gasteiger charge is -2.32. The number of carbonyl (C=O) groups excluding carboxylic acids is 2. The highest BCUT2D eigenvalue weighted by Gasteiger charge is 2.30. The van der Waals surface area contributed by atoms with Crippen LogP contribution in [0.3, 0.4) is 0 Å². The Balaban J connectivity index is 2.87. The summed E-state index contributed by atoms with van der Waals surface area (Å²) in [5.74, 6) is -1.58. The van der Waals surface area contributed by atoms with E-state index >= 15 is 0 Å². The summed E-state index contributed by atoms with van der Waals surface area (Å²) in [6, 6.07) is 8.81. The number of nitrogens with zero attached hydrogens (tertiary/aromatic N) is 1. The number of aliphatic carboxylic acids is 1. The number of carboxylic acids is 1. The van der Waals surface area contributed by atoms with Crippen LogP contribution >= 0.6 is 0 Å². The highest BCUT2D eigenvalue weighted by atomic mass is 16.4. The SMILES string of the molecule is CC(=O)N(Cc1ccccc1)C(C(=O)NCCC(=O)O)C(C)C. The third-order valence-corrected chi connectivity index (χ3v) is 3.47. The van der Waals surface area contributed by atoms with Crippen LogP contribution in [-0.2, 0) is 20.9 Å².